The molecule has 1 heterocycles. The maximum Gasteiger partial charge on any atom is 0.348 e. The van der Waals surface area contributed by atoms with Crippen LogP contribution < -0.4 is 4.90 Å². The van der Waals surface area contributed by atoms with Crippen LogP contribution in [-0.4, -0.2) is 26.7 Å². The van der Waals surface area contributed by atoms with Gasteiger partial charge in [-0.3, -0.25) is 0 Å². The number of benzene rings is 2. The van der Waals surface area contributed by atoms with E-state index in [4.69, 9.17) is 4.74 Å². The molecule has 0 bridgehead atoms. The van der Waals surface area contributed by atoms with Gasteiger partial charge < -0.3 is 9.64 Å². The van der Waals surface area contributed by atoms with E-state index < -0.39 is 5.82 Å². The maximum atomic E-state index is 14.7. The van der Waals surface area contributed by atoms with E-state index in [0.29, 0.717) is 33.3 Å². The first-order valence-corrected chi connectivity index (χ1v) is 12.1. The minimum Gasteiger partial charge on any atom is -0.462 e. The number of ether oxygens (including phenoxy) is 1. The lowest BCUT2D eigenvalue weighted by atomic mass is 10.1. The fraction of sp³-hybridized carbons (Fsp3) is 0.346. The molecule has 0 N–H and O–H groups in total. The summed E-state index contributed by atoms with van der Waals surface area (Å²) in [5, 5.41) is 8.32. The first-order valence-electron chi connectivity index (χ1n) is 11.2. The number of hydrogen-bond donors (Lipinski definition) is 0. The number of carbonyl (C=O) groups excluding carboxylic acids is 1. The number of anilines is 1. The number of thiophene rings is 1. The maximum absolute atomic E-state index is 14.7. The normalized spacial score (nSPS) is 11.2. The van der Waals surface area contributed by atoms with Crippen LogP contribution in [0.5, 0.6) is 0 Å². The van der Waals surface area contributed by atoms with E-state index in [1.54, 1.807) is 24.3 Å². The largest absolute Gasteiger partial charge is 0.462 e. The molecule has 33 heavy (non-hydrogen) atoms. The molecule has 3 aromatic rings. The Hall–Kier alpha value is -3.06. The molecule has 0 saturated carbocycles. The van der Waals surface area contributed by atoms with E-state index in [-0.39, 0.29) is 5.97 Å². The molecule has 0 amide bonds. The number of unbranched alkanes of at least 4 members (excludes halogenated alkanes) is 4. The number of carbonyl (C=O) groups is 1. The van der Waals surface area contributed by atoms with Gasteiger partial charge in [0.25, 0.3) is 0 Å². The number of rotatable bonds is 11. The second-order valence-corrected chi connectivity index (χ2v) is 9.07. The number of esters is 1. The van der Waals surface area contributed by atoms with Crippen LogP contribution in [0.25, 0.3) is 10.4 Å². The molecule has 174 valence electrons. The molecular weight excluding hydrogens is 437 g/mol. The lowest BCUT2D eigenvalue weighted by molar-refractivity contribution is 0.0503. The van der Waals surface area contributed by atoms with Crippen molar-refractivity contribution in [3.63, 3.8) is 0 Å². The standard InChI is InChI=1S/C26H30FN3O2S/c1-4-5-6-7-8-17-32-26(31)25-16-15-24(33-25)22-14-11-20(18-23(22)27)29-28-19-9-12-21(13-10-19)30(2)3/h9-16,18H,4-8,17H2,1-3H3. The highest BCUT2D eigenvalue weighted by atomic mass is 32.1. The van der Waals surface area contributed by atoms with Crippen LogP contribution in [0.1, 0.15) is 48.7 Å². The molecule has 0 spiro atoms. The van der Waals surface area contributed by atoms with Gasteiger partial charge in [0.05, 0.1) is 18.0 Å². The van der Waals surface area contributed by atoms with Gasteiger partial charge in [0, 0.05) is 36.3 Å². The summed E-state index contributed by atoms with van der Waals surface area (Å²) in [7, 11) is 3.94. The van der Waals surface area contributed by atoms with Gasteiger partial charge in [-0.15, -0.1) is 11.3 Å². The number of halogens is 1. The summed E-state index contributed by atoms with van der Waals surface area (Å²) in [6.07, 6.45) is 5.48. The average Bonchev–Trinajstić information content (AvgIpc) is 3.30. The molecular formula is C26H30FN3O2S. The van der Waals surface area contributed by atoms with Crippen molar-refractivity contribution < 1.29 is 13.9 Å². The van der Waals surface area contributed by atoms with Crippen molar-refractivity contribution in [1.29, 1.82) is 0 Å². The third kappa shape index (κ3) is 7.22. The fourth-order valence-electron chi connectivity index (χ4n) is 3.23. The van der Waals surface area contributed by atoms with Crippen LogP contribution in [0, 0.1) is 5.82 Å². The van der Waals surface area contributed by atoms with Crippen LogP contribution in [0.3, 0.4) is 0 Å². The lowest BCUT2D eigenvalue weighted by Crippen LogP contribution is -2.07. The van der Waals surface area contributed by atoms with Crippen LogP contribution in [0.4, 0.5) is 21.5 Å². The van der Waals surface area contributed by atoms with Crippen LogP contribution in [0.2, 0.25) is 0 Å². The predicted molar refractivity (Wildman–Crippen MR) is 134 cm³/mol. The highest BCUT2D eigenvalue weighted by Gasteiger charge is 2.14. The molecule has 2 aromatic carbocycles. The molecule has 0 fully saturated rings. The minimum absolute atomic E-state index is 0.354. The van der Waals surface area contributed by atoms with Crippen LogP contribution in [0.15, 0.2) is 64.8 Å². The van der Waals surface area contributed by atoms with Crippen molar-refractivity contribution >= 4 is 34.4 Å². The molecule has 0 saturated heterocycles. The summed E-state index contributed by atoms with van der Waals surface area (Å²) in [6, 6.07) is 15.8. The van der Waals surface area contributed by atoms with Gasteiger partial charge in [-0.05, 0) is 55.0 Å². The summed E-state index contributed by atoms with van der Waals surface area (Å²) in [5.74, 6) is -0.764. The Labute approximate surface area is 198 Å². The molecule has 7 heteroatoms. The van der Waals surface area contributed by atoms with E-state index in [1.807, 2.05) is 43.3 Å². The SMILES string of the molecule is CCCCCCCOC(=O)c1ccc(-c2ccc(N=Nc3ccc(N(C)C)cc3)cc2F)s1. The van der Waals surface area contributed by atoms with Crippen molar-refractivity contribution in [1.82, 2.24) is 0 Å². The molecule has 3 rings (SSSR count). The van der Waals surface area contributed by atoms with E-state index in [2.05, 4.69) is 17.2 Å². The third-order valence-electron chi connectivity index (χ3n) is 5.15. The first kappa shape index (κ1) is 24.6. The van der Waals surface area contributed by atoms with E-state index in [1.165, 1.54) is 30.2 Å². The van der Waals surface area contributed by atoms with Crippen LogP contribution in [-0.2, 0) is 4.74 Å². The predicted octanol–water partition coefficient (Wildman–Crippen LogP) is 8.16. The van der Waals surface area contributed by atoms with E-state index in [9.17, 15) is 9.18 Å². The van der Waals surface area contributed by atoms with Gasteiger partial charge in [-0.2, -0.15) is 10.2 Å². The average molecular weight is 468 g/mol. The Morgan fingerprint density at radius 1 is 0.939 bits per heavy atom. The zero-order valence-electron chi connectivity index (χ0n) is 19.4. The lowest BCUT2D eigenvalue weighted by Gasteiger charge is -2.11. The summed E-state index contributed by atoms with van der Waals surface area (Å²) < 4.78 is 20.1. The highest BCUT2D eigenvalue weighted by molar-refractivity contribution is 7.17. The van der Waals surface area contributed by atoms with Crippen molar-refractivity contribution in [3.8, 4) is 10.4 Å². The quantitative estimate of drug-likeness (QED) is 0.162. The zero-order valence-corrected chi connectivity index (χ0v) is 20.2. The van der Waals surface area contributed by atoms with Crippen LogP contribution >= 0.6 is 11.3 Å². The zero-order chi connectivity index (χ0) is 23.6. The third-order valence-corrected chi connectivity index (χ3v) is 6.25. The number of azo groups is 1. The molecule has 0 unspecified atom stereocenters. The molecule has 0 aliphatic carbocycles. The smallest absolute Gasteiger partial charge is 0.348 e. The summed E-state index contributed by atoms with van der Waals surface area (Å²) in [5.41, 5.74) is 2.60. The van der Waals surface area contributed by atoms with Gasteiger partial charge in [0.2, 0.25) is 0 Å². The van der Waals surface area contributed by atoms with Crippen molar-refractivity contribution in [3.05, 3.63) is 65.3 Å². The fourth-order valence-corrected chi connectivity index (χ4v) is 4.16. The van der Waals surface area contributed by atoms with Gasteiger partial charge in [-0.1, -0.05) is 32.6 Å². The Morgan fingerprint density at radius 3 is 2.33 bits per heavy atom. The number of hydrogen-bond acceptors (Lipinski definition) is 6. The highest BCUT2D eigenvalue weighted by Crippen LogP contribution is 2.33. The van der Waals surface area contributed by atoms with Gasteiger partial charge in [-0.25, -0.2) is 9.18 Å². The molecule has 1 aromatic heterocycles. The topological polar surface area (TPSA) is 54.3 Å². The summed E-state index contributed by atoms with van der Waals surface area (Å²) in [6.45, 7) is 2.59. The minimum atomic E-state index is -0.410. The molecule has 0 radical (unpaired) electrons. The Bertz CT molecular complexity index is 1080. The number of nitrogens with zero attached hydrogens (tertiary/aromatic N) is 3. The Morgan fingerprint density at radius 2 is 1.64 bits per heavy atom. The monoisotopic (exact) mass is 467 g/mol. The van der Waals surface area contributed by atoms with E-state index >= 15 is 0 Å². The van der Waals surface area contributed by atoms with E-state index in [0.717, 1.165) is 24.9 Å². The summed E-state index contributed by atoms with van der Waals surface area (Å²) in [4.78, 5) is 15.4. The van der Waals surface area contributed by atoms with Crippen molar-refractivity contribution in [2.24, 2.45) is 10.2 Å². The Kier molecular flexibility index (Phi) is 9.13. The first-order chi connectivity index (χ1) is 16.0. The molecule has 0 aliphatic heterocycles. The van der Waals surface area contributed by atoms with Crippen molar-refractivity contribution in [2.45, 2.75) is 39.0 Å². The summed E-state index contributed by atoms with van der Waals surface area (Å²) >= 11 is 1.23. The Balaban J connectivity index is 1.59. The second kappa shape index (κ2) is 12.3. The van der Waals surface area contributed by atoms with Crippen molar-refractivity contribution in [2.75, 3.05) is 25.6 Å². The van der Waals surface area contributed by atoms with Gasteiger partial charge in [0.1, 0.15) is 10.7 Å². The molecule has 0 atom stereocenters. The molecule has 5 nitrogen and oxygen atoms in total. The van der Waals surface area contributed by atoms with Gasteiger partial charge in [0.15, 0.2) is 0 Å². The van der Waals surface area contributed by atoms with Gasteiger partial charge >= 0.3 is 5.97 Å². The molecule has 0 aliphatic rings. The second-order valence-electron chi connectivity index (χ2n) is 7.99.